The lowest BCUT2D eigenvalue weighted by Crippen LogP contribution is -2.19. The average Bonchev–Trinajstić information content (AvgIpc) is 2.55. The monoisotopic (exact) mass is 358 g/mol. The molecule has 0 bridgehead atoms. The van der Waals surface area contributed by atoms with Crippen LogP contribution < -0.4 is 10.6 Å². The molecule has 2 amide bonds. The van der Waals surface area contributed by atoms with E-state index >= 15 is 0 Å². The number of aromatic hydroxyl groups is 1. The molecule has 0 fully saturated rings. The normalized spacial score (nSPS) is 11.2. The average molecular weight is 358 g/mol. The molecule has 7 nitrogen and oxygen atoms in total. The van der Waals surface area contributed by atoms with E-state index in [2.05, 4.69) is 10.6 Å². The number of hydrogen-bond donors (Lipinski definition) is 4. The van der Waals surface area contributed by atoms with E-state index in [9.17, 15) is 22.9 Å². The lowest BCUT2D eigenvalue weighted by atomic mass is 10.1. The lowest BCUT2D eigenvalue weighted by molar-refractivity contribution is 0.262. The van der Waals surface area contributed by atoms with Crippen LogP contribution >= 0.6 is 0 Å². The van der Waals surface area contributed by atoms with Crippen LogP contribution in [0.2, 0.25) is 0 Å². The Morgan fingerprint density at radius 3 is 2.28 bits per heavy atom. The van der Waals surface area contributed by atoms with Gasteiger partial charge in [0, 0.05) is 22.5 Å². The van der Waals surface area contributed by atoms with E-state index in [0.29, 0.717) is 11.1 Å². The quantitative estimate of drug-likeness (QED) is 0.535. The largest absolute Gasteiger partial charge is 0.507 e. The van der Waals surface area contributed by atoms with Crippen molar-refractivity contribution in [2.45, 2.75) is 4.90 Å². The van der Waals surface area contributed by atoms with Gasteiger partial charge in [-0.15, -0.1) is 0 Å². The summed E-state index contributed by atoms with van der Waals surface area (Å²) in [7, 11) is -4.50. The van der Waals surface area contributed by atoms with Crippen molar-refractivity contribution < 1.29 is 22.9 Å². The standard InChI is InChI=1S/C17H14N2O5S/c20-16-10-12(25(22,23)24)9-14-13(16)7-4-8-15(14)19-17(21)18-11-5-2-1-3-6-11/h1-10,20H,(H2,18,19,21)(H,22,23,24). The van der Waals surface area contributed by atoms with Crippen molar-refractivity contribution in [1.82, 2.24) is 0 Å². The van der Waals surface area contributed by atoms with E-state index in [-0.39, 0.29) is 16.8 Å². The smallest absolute Gasteiger partial charge is 0.323 e. The summed E-state index contributed by atoms with van der Waals surface area (Å²) in [5.41, 5.74) is 0.869. The lowest BCUT2D eigenvalue weighted by Gasteiger charge is -2.12. The molecular formula is C17H14N2O5S. The van der Waals surface area contributed by atoms with E-state index in [4.69, 9.17) is 0 Å². The number of para-hydroxylation sites is 1. The van der Waals surface area contributed by atoms with Gasteiger partial charge < -0.3 is 15.7 Å². The van der Waals surface area contributed by atoms with Gasteiger partial charge in [-0.1, -0.05) is 30.3 Å². The number of anilines is 2. The van der Waals surface area contributed by atoms with Gasteiger partial charge in [0.1, 0.15) is 5.75 Å². The van der Waals surface area contributed by atoms with Crippen LogP contribution in [0.3, 0.4) is 0 Å². The van der Waals surface area contributed by atoms with Gasteiger partial charge in [0.2, 0.25) is 0 Å². The first kappa shape index (κ1) is 16.7. The third kappa shape index (κ3) is 3.70. The molecule has 8 heteroatoms. The Morgan fingerprint density at radius 1 is 0.880 bits per heavy atom. The van der Waals surface area contributed by atoms with Crippen molar-refractivity contribution in [2.75, 3.05) is 10.6 Å². The molecule has 0 aromatic heterocycles. The number of carbonyl (C=O) groups is 1. The number of rotatable bonds is 3. The van der Waals surface area contributed by atoms with Gasteiger partial charge in [0.15, 0.2) is 0 Å². The van der Waals surface area contributed by atoms with Crippen molar-refractivity contribution in [1.29, 1.82) is 0 Å². The van der Waals surface area contributed by atoms with Crippen LogP contribution in [0.5, 0.6) is 5.75 Å². The number of carbonyl (C=O) groups excluding carboxylic acids is 1. The Kier molecular flexibility index (Phi) is 4.30. The fraction of sp³-hybridized carbons (Fsp3) is 0. The molecule has 0 spiro atoms. The molecule has 3 rings (SSSR count). The van der Waals surface area contributed by atoms with Gasteiger partial charge in [-0.05, 0) is 24.3 Å². The second-order valence-electron chi connectivity index (χ2n) is 5.26. The fourth-order valence-electron chi connectivity index (χ4n) is 2.40. The third-order valence-electron chi connectivity index (χ3n) is 3.53. The Balaban J connectivity index is 1.98. The summed E-state index contributed by atoms with van der Waals surface area (Å²) in [5, 5.41) is 15.9. The first-order chi connectivity index (χ1) is 11.8. The Morgan fingerprint density at radius 2 is 1.60 bits per heavy atom. The van der Waals surface area contributed by atoms with Gasteiger partial charge in [0.25, 0.3) is 10.1 Å². The molecule has 0 radical (unpaired) electrons. The van der Waals surface area contributed by atoms with Crippen molar-refractivity contribution in [3.63, 3.8) is 0 Å². The maximum atomic E-state index is 12.1. The highest BCUT2D eigenvalue weighted by Crippen LogP contribution is 2.33. The van der Waals surface area contributed by atoms with Crippen LogP contribution in [0.25, 0.3) is 10.8 Å². The van der Waals surface area contributed by atoms with Crippen molar-refractivity contribution >= 4 is 38.3 Å². The highest BCUT2D eigenvalue weighted by atomic mass is 32.2. The Hall–Kier alpha value is -3.10. The first-order valence-electron chi connectivity index (χ1n) is 7.21. The molecule has 25 heavy (non-hydrogen) atoms. The maximum Gasteiger partial charge on any atom is 0.323 e. The Bertz CT molecular complexity index is 1050. The zero-order valence-electron chi connectivity index (χ0n) is 12.8. The summed E-state index contributed by atoms with van der Waals surface area (Å²) in [4.78, 5) is 11.7. The molecule has 3 aromatic carbocycles. The number of amides is 2. The van der Waals surface area contributed by atoms with E-state index in [0.717, 1.165) is 6.07 Å². The highest BCUT2D eigenvalue weighted by molar-refractivity contribution is 7.85. The molecule has 3 aromatic rings. The molecule has 0 unspecified atom stereocenters. The summed E-state index contributed by atoms with van der Waals surface area (Å²) < 4.78 is 31.9. The predicted octanol–water partition coefficient (Wildman–Crippen LogP) is 3.44. The second-order valence-corrected chi connectivity index (χ2v) is 6.68. The van der Waals surface area contributed by atoms with Gasteiger partial charge in [-0.3, -0.25) is 4.55 Å². The molecule has 0 heterocycles. The van der Waals surface area contributed by atoms with Crippen molar-refractivity contribution in [2.24, 2.45) is 0 Å². The first-order valence-corrected chi connectivity index (χ1v) is 8.65. The van der Waals surface area contributed by atoms with E-state index in [1.807, 2.05) is 6.07 Å². The molecule has 0 aliphatic rings. The van der Waals surface area contributed by atoms with Crippen LogP contribution in [0.4, 0.5) is 16.2 Å². The molecule has 0 saturated heterocycles. The number of urea groups is 1. The summed E-state index contributed by atoms with van der Waals surface area (Å²) in [6.07, 6.45) is 0. The summed E-state index contributed by atoms with van der Waals surface area (Å²) in [6, 6.07) is 15.1. The molecule has 0 aliphatic heterocycles. The molecular weight excluding hydrogens is 344 g/mol. The van der Waals surface area contributed by atoms with Crippen molar-refractivity contribution in [3.05, 3.63) is 60.7 Å². The van der Waals surface area contributed by atoms with Gasteiger partial charge in [-0.25, -0.2) is 4.79 Å². The number of hydrogen-bond acceptors (Lipinski definition) is 4. The zero-order chi connectivity index (χ0) is 18.0. The molecule has 4 N–H and O–H groups in total. The zero-order valence-corrected chi connectivity index (χ0v) is 13.6. The third-order valence-corrected chi connectivity index (χ3v) is 4.36. The van der Waals surface area contributed by atoms with E-state index in [1.54, 1.807) is 42.5 Å². The number of nitrogens with one attached hydrogen (secondary N) is 2. The van der Waals surface area contributed by atoms with Crippen LogP contribution in [-0.4, -0.2) is 24.1 Å². The topological polar surface area (TPSA) is 116 Å². The van der Waals surface area contributed by atoms with E-state index in [1.165, 1.54) is 6.07 Å². The predicted molar refractivity (Wildman–Crippen MR) is 94.5 cm³/mol. The molecule has 0 saturated carbocycles. The highest BCUT2D eigenvalue weighted by Gasteiger charge is 2.15. The van der Waals surface area contributed by atoms with Crippen LogP contribution in [-0.2, 0) is 10.1 Å². The second kappa shape index (κ2) is 6.42. The van der Waals surface area contributed by atoms with Crippen LogP contribution in [0, 0.1) is 0 Å². The minimum absolute atomic E-state index is 0.276. The number of benzene rings is 3. The number of phenolic OH excluding ortho intramolecular Hbond substituents is 1. The summed E-state index contributed by atoms with van der Waals surface area (Å²) >= 11 is 0. The van der Waals surface area contributed by atoms with Gasteiger partial charge in [-0.2, -0.15) is 8.42 Å². The maximum absolute atomic E-state index is 12.1. The minimum atomic E-state index is -4.50. The summed E-state index contributed by atoms with van der Waals surface area (Å²) in [5.74, 6) is -0.322. The fourth-order valence-corrected chi connectivity index (χ4v) is 2.93. The van der Waals surface area contributed by atoms with Crippen LogP contribution in [0.15, 0.2) is 65.6 Å². The summed E-state index contributed by atoms with van der Waals surface area (Å²) in [6.45, 7) is 0. The van der Waals surface area contributed by atoms with Crippen molar-refractivity contribution in [3.8, 4) is 5.75 Å². The van der Waals surface area contributed by atoms with Crippen LogP contribution in [0.1, 0.15) is 0 Å². The van der Waals surface area contributed by atoms with Gasteiger partial charge in [0.05, 0.1) is 10.6 Å². The number of phenols is 1. The number of fused-ring (bicyclic) bond motifs is 1. The minimum Gasteiger partial charge on any atom is -0.507 e. The SMILES string of the molecule is O=C(Nc1ccccc1)Nc1cccc2c(O)cc(S(=O)(=O)O)cc12. The molecule has 0 atom stereocenters. The molecule has 128 valence electrons. The Labute approximate surface area is 143 Å². The van der Waals surface area contributed by atoms with E-state index < -0.39 is 21.0 Å². The molecule has 0 aliphatic carbocycles. The van der Waals surface area contributed by atoms with Gasteiger partial charge >= 0.3 is 6.03 Å².